The zero-order chi connectivity index (χ0) is 19.6. The largest absolute Gasteiger partial charge is 0.437 e. The number of hydrogen-bond acceptors (Lipinski definition) is 4. The van der Waals surface area contributed by atoms with E-state index in [9.17, 15) is 4.79 Å². The number of amides is 1. The van der Waals surface area contributed by atoms with Gasteiger partial charge in [0.05, 0.1) is 0 Å². The second kappa shape index (κ2) is 9.99. The minimum Gasteiger partial charge on any atom is -0.437 e. The van der Waals surface area contributed by atoms with Crippen molar-refractivity contribution in [2.45, 2.75) is 6.92 Å². The van der Waals surface area contributed by atoms with Gasteiger partial charge >= 0.3 is 0 Å². The Hall–Kier alpha value is -3.31. The fourth-order valence-corrected chi connectivity index (χ4v) is 2.17. The molecular formula is C21H20ClN3O2. The normalized spacial score (nSPS) is 11.1. The van der Waals surface area contributed by atoms with Gasteiger partial charge in [-0.3, -0.25) is 4.79 Å². The van der Waals surface area contributed by atoms with Crippen molar-refractivity contribution in [1.29, 1.82) is 0 Å². The minimum atomic E-state index is -0.303. The third-order valence-electron chi connectivity index (χ3n) is 3.23. The average Bonchev–Trinajstić information content (AvgIpc) is 2.65. The van der Waals surface area contributed by atoms with Crippen LogP contribution in [0.5, 0.6) is 11.6 Å². The van der Waals surface area contributed by atoms with Crippen LogP contribution >= 0.6 is 11.6 Å². The predicted molar refractivity (Wildman–Crippen MR) is 111 cm³/mol. The molecule has 27 heavy (non-hydrogen) atoms. The van der Waals surface area contributed by atoms with E-state index < -0.39 is 0 Å². The van der Waals surface area contributed by atoms with E-state index in [2.05, 4.69) is 28.8 Å². The quantitative estimate of drug-likeness (QED) is 0.454. The zero-order valence-corrected chi connectivity index (χ0v) is 15.7. The number of nitrogens with one attached hydrogen (secondary N) is 2. The highest BCUT2D eigenvalue weighted by Gasteiger charge is 2.08. The SMILES string of the molecule is C=C/C=C\C=C(/C)Nc1ccc(Cl)c(Oc2cccc(NC(=O)C=C)c2)n1. The highest BCUT2D eigenvalue weighted by atomic mass is 35.5. The first-order valence-corrected chi connectivity index (χ1v) is 8.50. The van der Waals surface area contributed by atoms with Crippen LogP contribution in [-0.4, -0.2) is 10.9 Å². The van der Waals surface area contributed by atoms with E-state index in [1.165, 1.54) is 6.08 Å². The maximum absolute atomic E-state index is 11.4. The lowest BCUT2D eigenvalue weighted by Crippen LogP contribution is -2.07. The Kier molecular flexibility index (Phi) is 7.40. The van der Waals surface area contributed by atoms with E-state index in [0.717, 1.165) is 5.70 Å². The fraction of sp³-hybridized carbons (Fsp3) is 0.0476. The van der Waals surface area contributed by atoms with Crippen LogP contribution < -0.4 is 15.4 Å². The number of ether oxygens (including phenoxy) is 1. The molecule has 2 rings (SSSR count). The van der Waals surface area contributed by atoms with Gasteiger partial charge in [0.15, 0.2) is 0 Å². The van der Waals surface area contributed by atoms with Crippen LogP contribution in [0.3, 0.4) is 0 Å². The van der Waals surface area contributed by atoms with Crippen molar-refractivity contribution in [3.05, 3.63) is 90.7 Å². The zero-order valence-electron chi connectivity index (χ0n) is 14.9. The lowest BCUT2D eigenvalue weighted by atomic mass is 10.3. The standard InChI is InChI=1S/C21H20ClN3O2/c1-4-6-7-9-15(3)23-19-13-12-18(22)21(25-19)27-17-11-8-10-16(14-17)24-20(26)5-2/h4-14H,1-2H2,3H3,(H,23,25)(H,24,26)/b7-6-,15-9+. The summed E-state index contributed by atoms with van der Waals surface area (Å²) in [6.45, 7) is 8.96. The van der Waals surface area contributed by atoms with Crippen molar-refractivity contribution >= 4 is 29.0 Å². The number of hydrogen-bond donors (Lipinski definition) is 2. The first-order chi connectivity index (χ1) is 13.0. The summed E-state index contributed by atoms with van der Waals surface area (Å²) in [7, 11) is 0. The van der Waals surface area contributed by atoms with E-state index in [0.29, 0.717) is 22.3 Å². The molecule has 0 aliphatic carbocycles. The predicted octanol–water partition coefficient (Wildman–Crippen LogP) is 5.71. The van der Waals surface area contributed by atoms with E-state index in [1.54, 1.807) is 42.5 Å². The maximum Gasteiger partial charge on any atom is 0.247 e. The molecule has 0 atom stereocenters. The maximum atomic E-state index is 11.4. The molecule has 0 spiro atoms. The topological polar surface area (TPSA) is 63.2 Å². The Labute approximate surface area is 163 Å². The number of aromatic nitrogens is 1. The van der Waals surface area contributed by atoms with E-state index in [-0.39, 0.29) is 11.8 Å². The number of carbonyl (C=O) groups excluding carboxylic acids is 1. The van der Waals surface area contributed by atoms with Gasteiger partial charge in [-0.2, -0.15) is 4.98 Å². The molecule has 0 radical (unpaired) electrons. The molecule has 138 valence electrons. The molecule has 0 saturated carbocycles. The van der Waals surface area contributed by atoms with Gasteiger partial charge in [-0.25, -0.2) is 0 Å². The third kappa shape index (κ3) is 6.49. The molecule has 0 aliphatic rings. The summed E-state index contributed by atoms with van der Waals surface area (Å²) in [5, 5.41) is 6.20. The minimum absolute atomic E-state index is 0.253. The van der Waals surface area contributed by atoms with Gasteiger partial charge in [0.1, 0.15) is 16.6 Å². The average molecular weight is 382 g/mol. The van der Waals surface area contributed by atoms with Crippen LogP contribution in [0.1, 0.15) is 6.92 Å². The lowest BCUT2D eigenvalue weighted by Gasteiger charge is -2.11. The summed E-state index contributed by atoms with van der Waals surface area (Å²) in [6.07, 6.45) is 8.48. The Morgan fingerprint density at radius 2 is 2.00 bits per heavy atom. The molecule has 2 aromatic rings. The highest BCUT2D eigenvalue weighted by Crippen LogP contribution is 2.30. The van der Waals surface area contributed by atoms with Gasteiger partial charge < -0.3 is 15.4 Å². The number of pyridine rings is 1. The van der Waals surface area contributed by atoms with Gasteiger partial charge in [0.2, 0.25) is 11.8 Å². The molecule has 6 heteroatoms. The molecule has 1 aromatic heterocycles. The van der Waals surface area contributed by atoms with E-state index >= 15 is 0 Å². The molecule has 1 heterocycles. The number of anilines is 2. The molecule has 0 unspecified atom stereocenters. The van der Waals surface area contributed by atoms with Gasteiger partial charge in [0, 0.05) is 17.5 Å². The molecule has 0 bridgehead atoms. The van der Waals surface area contributed by atoms with Crippen molar-refractivity contribution < 1.29 is 9.53 Å². The van der Waals surface area contributed by atoms with Gasteiger partial charge in [-0.1, -0.05) is 49.1 Å². The van der Waals surface area contributed by atoms with Crippen LogP contribution in [0, 0.1) is 0 Å². The van der Waals surface area contributed by atoms with Crippen LogP contribution in [0.2, 0.25) is 5.02 Å². The van der Waals surface area contributed by atoms with Crippen molar-refractivity contribution in [1.82, 2.24) is 4.98 Å². The summed E-state index contributed by atoms with van der Waals surface area (Å²) < 4.78 is 5.78. The Bertz CT molecular complexity index is 904. The lowest BCUT2D eigenvalue weighted by molar-refractivity contribution is -0.111. The molecule has 1 aromatic carbocycles. The van der Waals surface area contributed by atoms with Gasteiger partial charge in [-0.15, -0.1) is 0 Å². The molecule has 5 nitrogen and oxygen atoms in total. The van der Waals surface area contributed by atoms with Crippen molar-refractivity contribution in [2.75, 3.05) is 10.6 Å². The third-order valence-corrected chi connectivity index (χ3v) is 3.52. The van der Waals surface area contributed by atoms with Crippen LogP contribution in [0.25, 0.3) is 0 Å². The molecule has 0 saturated heterocycles. The first kappa shape index (κ1) is 20.0. The molecule has 2 N–H and O–H groups in total. The smallest absolute Gasteiger partial charge is 0.247 e. The second-order valence-electron chi connectivity index (χ2n) is 5.40. The number of halogens is 1. The van der Waals surface area contributed by atoms with Crippen molar-refractivity contribution in [3.8, 4) is 11.6 Å². The molecule has 0 fully saturated rings. The number of carbonyl (C=O) groups is 1. The van der Waals surface area contributed by atoms with Gasteiger partial charge in [0.25, 0.3) is 0 Å². The van der Waals surface area contributed by atoms with Crippen LogP contribution in [-0.2, 0) is 4.79 Å². The molecule has 0 aliphatic heterocycles. The van der Waals surface area contributed by atoms with E-state index in [1.807, 2.05) is 25.2 Å². The molecular weight excluding hydrogens is 362 g/mol. The highest BCUT2D eigenvalue weighted by molar-refractivity contribution is 6.31. The summed E-state index contributed by atoms with van der Waals surface area (Å²) in [5.41, 5.74) is 1.47. The van der Waals surface area contributed by atoms with Crippen molar-refractivity contribution in [3.63, 3.8) is 0 Å². The first-order valence-electron chi connectivity index (χ1n) is 8.12. The summed E-state index contributed by atoms with van der Waals surface area (Å²) >= 11 is 6.20. The fourth-order valence-electron chi connectivity index (χ4n) is 2.03. The van der Waals surface area contributed by atoms with Crippen LogP contribution in [0.15, 0.2) is 85.6 Å². The monoisotopic (exact) mass is 381 g/mol. The van der Waals surface area contributed by atoms with Gasteiger partial charge in [-0.05, 0) is 43.3 Å². The second-order valence-corrected chi connectivity index (χ2v) is 5.81. The summed E-state index contributed by atoms with van der Waals surface area (Å²) in [6, 6.07) is 10.4. The number of nitrogens with zero attached hydrogens (tertiary/aromatic N) is 1. The Balaban J connectivity index is 2.17. The van der Waals surface area contributed by atoms with E-state index in [4.69, 9.17) is 16.3 Å². The number of allylic oxidation sites excluding steroid dienone is 5. The van der Waals surface area contributed by atoms with Crippen LogP contribution in [0.4, 0.5) is 11.5 Å². The number of rotatable bonds is 8. The summed E-state index contributed by atoms with van der Waals surface area (Å²) in [5.74, 6) is 1.03. The summed E-state index contributed by atoms with van der Waals surface area (Å²) in [4.78, 5) is 15.8. The Morgan fingerprint density at radius 3 is 2.74 bits per heavy atom. The number of benzene rings is 1. The molecule has 1 amide bonds. The van der Waals surface area contributed by atoms with Crippen molar-refractivity contribution in [2.24, 2.45) is 0 Å². The Morgan fingerprint density at radius 1 is 1.19 bits per heavy atom.